The summed E-state index contributed by atoms with van der Waals surface area (Å²) in [5.74, 6) is -0.422. The lowest BCUT2D eigenvalue weighted by molar-refractivity contribution is -0.140. The predicted octanol–water partition coefficient (Wildman–Crippen LogP) is 2.20. The van der Waals surface area contributed by atoms with E-state index in [-0.39, 0.29) is 20.6 Å². The van der Waals surface area contributed by atoms with Gasteiger partial charge in [0, 0.05) is 16.7 Å². The third-order valence-corrected chi connectivity index (χ3v) is 2.10. The van der Waals surface area contributed by atoms with E-state index >= 15 is 0 Å². The van der Waals surface area contributed by atoms with E-state index < -0.39 is 14.2 Å². The molecular formula is C11H22O6P+. The molecule has 0 heterocycles. The van der Waals surface area contributed by atoms with Crippen molar-refractivity contribution in [3.05, 3.63) is 12.2 Å². The Balaban J connectivity index is 0. The van der Waals surface area contributed by atoms with E-state index in [0.29, 0.717) is 25.2 Å². The molecule has 106 valence electrons. The van der Waals surface area contributed by atoms with Crippen molar-refractivity contribution in [3.8, 4) is 0 Å². The van der Waals surface area contributed by atoms with Crippen LogP contribution in [-0.2, 0) is 23.4 Å². The number of ether oxygens (including phenoxy) is 2. The van der Waals surface area contributed by atoms with Crippen molar-refractivity contribution in [3.63, 3.8) is 0 Å². The summed E-state index contributed by atoms with van der Waals surface area (Å²) in [6.45, 7) is 6.28. The normalized spacial score (nSPS) is 10.4. The zero-order valence-corrected chi connectivity index (χ0v) is 10.8. The van der Waals surface area contributed by atoms with Crippen LogP contribution in [0.1, 0.15) is 27.2 Å². The fourth-order valence-electron chi connectivity index (χ4n) is 0.867. The third kappa shape index (κ3) is 13.3. The van der Waals surface area contributed by atoms with Crippen molar-refractivity contribution >= 4 is 14.2 Å². The number of esters is 1. The van der Waals surface area contributed by atoms with E-state index in [1.54, 1.807) is 6.92 Å². The number of hydrogen-bond donors (Lipinski definition) is 1. The number of unbranched alkanes of at least 4 members (excludes halogenated alkanes) is 1. The van der Waals surface area contributed by atoms with Gasteiger partial charge in [-0.25, -0.2) is 4.79 Å². The average molecular weight is 281 g/mol. The van der Waals surface area contributed by atoms with Gasteiger partial charge in [-0.05, 0) is 19.8 Å². The van der Waals surface area contributed by atoms with Crippen LogP contribution in [0.25, 0.3) is 0 Å². The van der Waals surface area contributed by atoms with Crippen molar-refractivity contribution in [1.29, 1.82) is 0 Å². The molecule has 0 aromatic heterocycles. The molecule has 1 N–H and O–H groups in total. The van der Waals surface area contributed by atoms with Crippen LogP contribution >= 0.6 is 8.25 Å². The first-order chi connectivity index (χ1) is 8.04. The van der Waals surface area contributed by atoms with Crippen LogP contribution in [0.5, 0.6) is 0 Å². The van der Waals surface area contributed by atoms with E-state index in [9.17, 15) is 9.36 Å². The average Bonchev–Trinajstić information content (AvgIpc) is 2.25. The molecule has 0 aromatic carbocycles. The number of rotatable bonds is 10. The standard InChI is InChI=1S/C10H17O6P.CH4/c1-9(2)10(11)15-8-7-14-5-3-4-6-16-17(12)13;/h1,3-8H2,2H3;1H4/p+1. The van der Waals surface area contributed by atoms with Gasteiger partial charge in [0.25, 0.3) is 0 Å². The molecule has 18 heavy (non-hydrogen) atoms. The molecule has 0 aromatic rings. The molecule has 0 saturated carbocycles. The van der Waals surface area contributed by atoms with E-state index in [1.165, 1.54) is 0 Å². The largest absolute Gasteiger partial charge is 0.694 e. The minimum absolute atomic E-state index is 0. The highest BCUT2D eigenvalue weighted by atomic mass is 31.1. The minimum Gasteiger partial charge on any atom is -0.460 e. The second-order valence-electron chi connectivity index (χ2n) is 3.31. The van der Waals surface area contributed by atoms with Crippen LogP contribution in [0, 0.1) is 0 Å². The molecule has 1 atom stereocenters. The molecule has 0 aliphatic heterocycles. The van der Waals surface area contributed by atoms with Gasteiger partial charge in [0.15, 0.2) is 0 Å². The number of carbonyl (C=O) groups is 1. The maximum Gasteiger partial charge on any atom is 0.694 e. The zero-order valence-electron chi connectivity index (χ0n) is 9.89. The van der Waals surface area contributed by atoms with Gasteiger partial charge in [-0.3, -0.25) is 0 Å². The Morgan fingerprint density at radius 2 is 1.83 bits per heavy atom. The molecule has 0 amide bonds. The molecule has 0 spiro atoms. The summed E-state index contributed by atoms with van der Waals surface area (Å²) in [4.78, 5) is 19.3. The van der Waals surface area contributed by atoms with E-state index in [4.69, 9.17) is 14.4 Å². The Kier molecular flexibility index (Phi) is 13.7. The van der Waals surface area contributed by atoms with Gasteiger partial charge in [0.05, 0.1) is 6.61 Å². The fraction of sp³-hybridized carbons (Fsp3) is 0.727. The highest BCUT2D eigenvalue weighted by Gasteiger charge is 2.09. The van der Waals surface area contributed by atoms with Crippen molar-refractivity contribution in [2.75, 3.05) is 26.4 Å². The summed E-state index contributed by atoms with van der Waals surface area (Å²) in [6.07, 6.45) is 1.37. The zero-order chi connectivity index (χ0) is 13.1. The Labute approximate surface area is 109 Å². The van der Waals surface area contributed by atoms with Crippen LogP contribution in [-0.4, -0.2) is 37.3 Å². The van der Waals surface area contributed by atoms with Gasteiger partial charge >= 0.3 is 14.2 Å². The Hall–Kier alpha value is -0.810. The predicted molar refractivity (Wildman–Crippen MR) is 68.3 cm³/mol. The molecule has 0 rings (SSSR count). The molecule has 1 unspecified atom stereocenters. The molecule has 0 fully saturated rings. The van der Waals surface area contributed by atoms with Gasteiger partial charge in [0.1, 0.15) is 13.2 Å². The van der Waals surface area contributed by atoms with Gasteiger partial charge in [0.2, 0.25) is 0 Å². The van der Waals surface area contributed by atoms with Crippen molar-refractivity contribution < 1.29 is 28.3 Å². The second-order valence-corrected chi connectivity index (χ2v) is 4.04. The second kappa shape index (κ2) is 12.6. The van der Waals surface area contributed by atoms with E-state index in [2.05, 4.69) is 11.1 Å². The molecule has 0 aliphatic carbocycles. The molecule has 7 heteroatoms. The summed E-state index contributed by atoms with van der Waals surface area (Å²) in [6, 6.07) is 0. The van der Waals surface area contributed by atoms with Crippen molar-refractivity contribution in [2.45, 2.75) is 27.2 Å². The number of hydrogen-bond acceptors (Lipinski definition) is 5. The van der Waals surface area contributed by atoms with E-state index in [1.807, 2.05) is 0 Å². The first-order valence-electron chi connectivity index (χ1n) is 5.23. The van der Waals surface area contributed by atoms with Crippen LogP contribution in [0.4, 0.5) is 0 Å². The third-order valence-electron chi connectivity index (χ3n) is 1.69. The Morgan fingerprint density at radius 3 is 2.39 bits per heavy atom. The SMILES string of the molecule is C.C=C(C)C(=O)OCCOCCCCO[P+](=O)O. The molecular weight excluding hydrogens is 259 g/mol. The molecule has 0 saturated heterocycles. The lowest BCUT2D eigenvalue weighted by Gasteiger charge is -2.05. The molecule has 0 bridgehead atoms. The van der Waals surface area contributed by atoms with Gasteiger partial charge in [-0.15, -0.1) is 9.42 Å². The summed E-state index contributed by atoms with van der Waals surface area (Å²) in [5.41, 5.74) is 0.361. The summed E-state index contributed by atoms with van der Waals surface area (Å²) in [5, 5.41) is 0. The smallest absolute Gasteiger partial charge is 0.460 e. The lowest BCUT2D eigenvalue weighted by Crippen LogP contribution is -2.11. The summed E-state index contributed by atoms with van der Waals surface area (Å²) in [7, 11) is -2.50. The molecule has 6 nitrogen and oxygen atoms in total. The van der Waals surface area contributed by atoms with Gasteiger partial charge < -0.3 is 9.47 Å². The lowest BCUT2D eigenvalue weighted by atomic mass is 10.3. The van der Waals surface area contributed by atoms with Gasteiger partial charge in [-0.1, -0.05) is 14.0 Å². The molecule has 0 radical (unpaired) electrons. The maximum atomic E-state index is 10.9. The number of carbonyl (C=O) groups excluding carboxylic acids is 1. The monoisotopic (exact) mass is 281 g/mol. The Morgan fingerprint density at radius 1 is 1.22 bits per heavy atom. The Bertz CT molecular complexity index is 266. The summed E-state index contributed by atoms with van der Waals surface area (Å²) < 4.78 is 24.6. The van der Waals surface area contributed by atoms with Gasteiger partial charge in [-0.2, -0.15) is 0 Å². The van der Waals surface area contributed by atoms with Crippen molar-refractivity contribution in [1.82, 2.24) is 0 Å². The fourth-order valence-corrected chi connectivity index (χ4v) is 1.15. The van der Waals surface area contributed by atoms with Crippen molar-refractivity contribution in [2.24, 2.45) is 0 Å². The van der Waals surface area contributed by atoms with Crippen LogP contribution in [0.2, 0.25) is 0 Å². The highest BCUT2D eigenvalue weighted by Crippen LogP contribution is 2.14. The maximum absolute atomic E-state index is 10.9. The first-order valence-corrected chi connectivity index (χ1v) is 6.36. The van der Waals surface area contributed by atoms with Crippen LogP contribution in [0.15, 0.2) is 12.2 Å². The summed E-state index contributed by atoms with van der Waals surface area (Å²) >= 11 is 0. The highest BCUT2D eigenvalue weighted by molar-refractivity contribution is 7.32. The van der Waals surface area contributed by atoms with Crippen LogP contribution < -0.4 is 0 Å². The topological polar surface area (TPSA) is 82.1 Å². The molecule has 0 aliphatic rings. The minimum atomic E-state index is -2.50. The quantitative estimate of drug-likeness (QED) is 0.286. The van der Waals surface area contributed by atoms with Crippen LogP contribution in [0.3, 0.4) is 0 Å². The first kappa shape index (κ1) is 19.5. The van der Waals surface area contributed by atoms with E-state index in [0.717, 1.165) is 6.42 Å².